The van der Waals surface area contributed by atoms with Gasteiger partial charge in [0.1, 0.15) is 5.75 Å². The molecule has 2 unspecified atom stereocenters. The van der Waals surface area contributed by atoms with Crippen molar-refractivity contribution in [2.24, 2.45) is 5.92 Å². The number of amides is 1. The van der Waals surface area contributed by atoms with E-state index in [1.165, 1.54) is 6.92 Å². The molecule has 2 aliphatic heterocycles. The van der Waals surface area contributed by atoms with Crippen molar-refractivity contribution in [2.45, 2.75) is 32.4 Å². The molecule has 2 saturated heterocycles. The van der Waals surface area contributed by atoms with Gasteiger partial charge in [0.15, 0.2) is 5.78 Å². The molecule has 3 rings (SSSR count). The zero-order valence-electron chi connectivity index (χ0n) is 12.1. The Morgan fingerprint density at radius 2 is 2.29 bits per heavy atom. The Labute approximate surface area is 123 Å². The van der Waals surface area contributed by atoms with E-state index < -0.39 is 0 Å². The van der Waals surface area contributed by atoms with Crippen molar-refractivity contribution < 1.29 is 14.7 Å². The molecule has 0 saturated carbocycles. The lowest BCUT2D eigenvalue weighted by Gasteiger charge is -2.36. The number of nitrogens with zero attached hydrogens (tertiary/aromatic N) is 1. The molecule has 1 aromatic rings. The number of likely N-dealkylation sites (tertiary alicyclic amines) is 1. The molecule has 0 aromatic heterocycles. The summed E-state index contributed by atoms with van der Waals surface area (Å²) in [6.45, 7) is 3.69. The number of piperidine rings is 1. The Balaban J connectivity index is 1.81. The van der Waals surface area contributed by atoms with E-state index in [1.807, 2.05) is 0 Å². The number of carbonyl (C=O) groups excluding carboxylic acids is 2. The molecule has 2 aliphatic rings. The number of ketones is 1. The van der Waals surface area contributed by atoms with Crippen LogP contribution in [0.3, 0.4) is 0 Å². The van der Waals surface area contributed by atoms with Crippen LogP contribution in [0.5, 0.6) is 5.75 Å². The fraction of sp³-hybridized carbons (Fsp3) is 0.500. The topological polar surface area (TPSA) is 69.6 Å². The summed E-state index contributed by atoms with van der Waals surface area (Å²) >= 11 is 0. The number of aromatic hydroxyl groups is 1. The highest BCUT2D eigenvalue weighted by Gasteiger charge is 2.40. The van der Waals surface area contributed by atoms with Crippen LogP contribution in [0.25, 0.3) is 0 Å². The van der Waals surface area contributed by atoms with Gasteiger partial charge in [-0.1, -0.05) is 0 Å². The van der Waals surface area contributed by atoms with Crippen molar-refractivity contribution in [3.8, 4) is 5.75 Å². The largest absolute Gasteiger partial charge is 0.508 e. The van der Waals surface area contributed by atoms with Gasteiger partial charge in [-0.15, -0.1) is 0 Å². The van der Waals surface area contributed by atoms with Gasteiger partial charge in [-0.3, -0.25) is 14.5 Å². The molecule has 1 amide bonds. The summed E-state index contributed by atoms with van der Waals surface area (Å²) in [7, 11) is 0. The minimum atomic E-state index is -0.00881. The number of phenolic OH excluding ortho intramolecular Hbond substituents is 1. The third-order valence-electron chi connectivity index (χ3n) is 4.58. The summed E-state index contributed by atoms with van der Waals surface area (Å²) in [6.07, 6.45) is 1.92. The number of benzene rings is 1. The first-order valence-electron chi connectivity index (χ1n) is 7.41. The number of carbonyl (C=O) groups is 2. The highest BCUT2D eigenvalue weighted by molar-refractivity contribution is 5.94. The third kappa shape index (κ3) is 2.65. The average molecular weight is 288 g/mol. The van der Waals surface area contributed by atoms with Crippen molar-refractivity contribution in [1.29, 1.82) is 0 Å². The lowest BCUT2D eigenvalue weighted by molar-refractivity contribution is -0.124. The number of nitrogens with one attached hydrogen (secondary N) is 1. The van der Waals surface area contributed by atoms with Crippen LogP contribution in [0.2, 0.25) is 0 Å². The van der Waals surface area contributed by atoms with Crippen LogP contribution in [-0.4, -0.2) is 40.8 Å². The van der Waals surface area contributed by atoms with Crippen molar-refractivity contribution in [3.05, 3.63) is 29.3 Å². The van der Waals surface area contributed by atoms with Crippen LogP contribution < -0.4 is 5.32 Å². The Hall–Kier alpha value is -1.88. The standard InChI is InChI=1S/C16H20N2O3/c1-10(19)11-4-5-15(20)12(7-11)9-18-6-2-3-13-14(18)8-17-16(13)21/h4-5,7,13-14,20H,2-3,6,8-9H2,1H3,(H,17,21). The van der Waals surface area contributed by atoms with E-state index >= 15 is 0 Å². The lowest BCUT2D eigenvalue weighted by atomic mass is 9.91. The fourth-order valence-corrected chi connectivity index (χ4v) is 3.39. The monoisotopic (exact) mass is 288 g/mol. The van der Waals surface area contributed by atoms with Gasteiger partial charge in [0.2, 0.25) is 5.91 Å². The van der Waals surface area contributed by atoms with Gasteiger partial charge in [0.05, 0.1) is 5.92 Å². The summed E-state index contributed by atoms with van der Waals surface area (Å²) in [5.41, 5.74) is 1.36. The van der Waals surface area contributed by atoms with Gasteiger partial charge in [0, 0.05) is 30.3 Å². The molecule has 2 heterocycles. The molecule has 112 valence electrons. The van der Waals surface area contributed by atoms with E-state index in [0.29, 0.717) is 18.7 Å². The first kappa shape index (κ1) is 14.1. The lowest BCUT2D eigenvalue weighted by Crippen LogP contribution is -2.44. The summed E-state index contributed by atoms with van der Waals surface area (Å²) in [6, 6.07) is 5.17. The van der Waals surface area contributed by atoms with Gasteiger partial charge in [-0.2, -0.15) is 0 Å². The molecule has 5 heteroatoms. The number of Topliss-reactive ketones (excluding diaryl/α,β-unsaturated/α-hetero) is 1. The summed E-state index contributed by atoms with van der Waals surface area (Å²) in [5.74, 6) is 0.410. The second kappa shape index (κ2) is 5.48. The summed E-state index contributed by atoms with van der Waals surface area (Å²) < 4.78 is 0. The van der Waals surface area contributed by atoms with Crippen LogP contribution >= 0.6 is 0 Å². The number of hydrogen-bond acceptors (Lipinski definition) is 4. The van der Waals surface area contributed by atoms with E-state index in [1.54, 1.807) is 18.2 Å². The number of phenols is 1. The maximum absolute atomic E-state index is 11.8. The Morgan fingerprint density at radius 1 is 1.48 bits per heavy atom. The van der Waals surface area contributed by atoms with Gasteiger partial charge in [-0.25, -0.2) is 0 Å². The molecule has 0 radical (unpaired) electrons. The van der Waals surface area contributed by atoms with Crippen LogP contribution in [-0.2, 0) is 11.3 Å². The SMILES string of the molecule is CC(=O)c1ccc(O)c(CN2CCCC3C(=O)NCC32)c1. The number of rotatable bonds is 3. The van der Waals surface area contributed by atoms with Gasteiger partial charge in [0.25, 0.3) is 0 Å². The van der Waals surface area contributed by atoms with Gasteiger partial charge in [-0.05, 0) is 44.5 Å². The molecule has 2 N–H and O–H groups in total. The first-order valence-corrected chi connectivity index (χ1v) is 7.41. The van der Waals surface area contributed by atoms with Crippen molar-refractivity contribution >= 4 is 11.7 Å². The quantitative estimate of drug-likeness (QED) is 0.823. The van der Waals surface area contributed by atoms with E-state index in [2.05, 4.69) is 10.2 Å². The molecular weight excluding hydrogens is 268 g/mol. The molecule has 21 heavy (non-hydrogen) atoms. The van der Waals surface area contributed by atoms with Gasteiger partial charge < -0.3 is 10.4 Å². The van der Waals surface area contributed by atoms with Crippen molar-refractivity contribution in [3.63, 3.8) is 0 Å². The zero-order chi connectivity index (χ0) is 15.0. The van der Waals surface area contributed by atoms with Crippen molar-refractivity contribution in [2.75, 3.05) is 13.1 Å². The van der Waals surface area contributed by atoms with Crippen LogP contribution in [0.4, 0.5) is 0 Å². The van der Waals surface area contributed by atoms with Gasteiger partial charge >= 0.3 is 0 Å². The molecule has 0 aliphatic carbocycles. The molecule has 2 atom stereocenters. The molecule has 5 nitrogen and oxygen atoms in total. The highest BCUT2D eigenvalue weighted by atomic mass is 16.3. The first-order chi connectivity index (χ1) is 10.1. The van der Waals surface area contributed by atoms with Crippen LogP contribution in [0.1, 0.15) is 35.7 Å². The third-order valence-corrected chi connectivity index (χ3v) is 4.58. The van der Waals surface area contributed by atoms with E-state index in [4.69, 9.17) is 0 Å². The van der Waals surface area contributed by atoms with E-state index in [0.717, 1.165) is 24.9 Å². The zero-order valence-corrected chi connectivity index (χ0v) is 12.1. The number of fused-ring (bicyclic) bond motifs is 1. The normalized spacial score (nSPS) is 25.5. The summed E-state index contributed by atoms with van der Waals surface area (Å²) in [4.78, 5) is 25.5. The maximum atomic E-state index is 11.8. The fourth-order valence-electron chi connectivity index (χ4n) is 3.39. The van der Waals surface area contributed by atoms with Crippen LogP contribution in [0.15, 0.2) is 18.2 Å². The minimum absolute atomic E-state index is 0.00881. The Kier molecular flexibility index (Phi) is 3.68. The Bertz CT molecular complexity index is 585. The van der Waals surface area contributed by atoms with Crippen molar-refractivity contribution in [1.82, 2.24) is 10.2 Å². The van der Waals surface area contributed by atoms with Crippen LogP contribution in [0, 0.1) is 5.92 Å². The minimum Gasteiger partial charge on any atom is -0.508 e. The Morgan fingerprint density at radius 3 is 3.05 bits per heavy atom. The predicted molar refractivity (Wildman–Crippen MR) is 78.0 cm³/mol. The second-order valence-electron chi connectivity index (χ2n) is 5.93. The molecule has 1 aromatic carbocycles. The number of hydrogen-bond donors (Lipinski definition) is 2. The van der Waals surface area contributed by atoms with E-state index in [9.17, 15) is 14.7 Å². The highest BCUT2D eigenvalue weighted by Crippen LogP contribution is 2.30. The molecular formula is C16H20N2O3. The summed E-state index contributed by atoms with van der Waals surface area (Å²) in [5, 5.41) is 12.9. The smallest absolute Gasteiger partial charge is 0.224 e. The molecule has 0 bridgehead atoms. The second-order valence-corrected chi connectivity index (χ2v) is 5.93. The molecule has 2 fully saturated rings. The predicted octanol–water partition coefficient (Wildman–Crippen LogP) is 1.31. The van der Waals surface area contributed by atoms with E-state index in [-0.39, 0.29) is 29.4 Å². The average Bonchev–Trinajstić information content (AvgIpc) is 2.84. The molecule has 0 spiro atoms. The maximum Gasteiger partial charge on any atom is 0.224 e.